The summed E-state index contributed by atoms with van der Waals surface area (Å²) < 4.78 is 26.2. The molecule has 5 heteroatoms. The van der Waals surface area contributed by atoms with Crippen LogP contribution >= 0.6 is 12.2 Å². The third-order valence-electron chi connectivity index (χ3n) is 4.22. The quantitative estimate of drug-likeness (QED) is 0.823. The predicted molar refractivity (Wildman–Crippen MR) is 85.1 cm³/mol. The molecule has 2 nitrogen and oxygen atoms in total. The van der Waals surface area contributed by atoms with Crippen LogP contribution in [0.4, 0.5) is 8.78 Å². The third-order valence-corrected chi connectivity index (χ3v) is 4.45. The van der Waals surface area contributed by atoms with E-state index in [1.807, 2.05) is 6.92 Å². The van der Waals surface area contributed by atoms with Crippen LogP contribution < -0.4 is 10.6 Å². The summed E-state index contributed by atoms with van der Waals surface area (Å²) in [4.78, 5) is 0. The zero-order valence-corrected chi connectivity index (χ0v) is 13.3. The lowest BCUT2D eigenvalue weighted by atomic mass is 9.86. The van der Waals surface area contributed by atoms with E-state index < -0.39 is 11.6 Å². The zero-order chi connectivity index (χ0) is 15.4. The van der Waals surface area contributed by atoms with Crippen molar-refractivity contribution in [2.75, 3.05) is 0 Å². The topological polar surface area (TPSA) is 24.1 Å². The molecule has 0 aliphatic heterocycles. The van der Waals surface area contributed by atoms with E-state index in [1.165, 1.54) is 25.3 Å². The van der Waals surface area contributed by atoms with E-state index in [0.29, 0.717) is 22.6 Å². The highest BCUT2D eigenvalue weighted by Gasteiger charge is 2.22. The van der Waals surface area contributed by atoms with E-state index in [-0.39, 0.29) is 6.04 Å². The summed E-state index contributed by atoms with van der Waals surface area (Å²) in [6.07, 6.45) is 4.86. The first-order chi connectivity index (χ1) is 9.97. The molecular formula is C16H22F2N2S. The lowest BCUT2D eigenvalue weighted by Gasteiger charge is -2.31. The molecule has 0 heterocycles. The second-order valence-corrected chi connectivity index (χ2v) is 6.29. The minimum Gasteiger partial charge on any atom is -0.360 e. The molecule has 1 aromatic carbocycles. The van der Waals surface area contributed by atoms with Crippen LogP contribution in [0.15, 0.2) is 18.2 Å². The van der Waals surface area contributed by atoms with Crippen LogP contribution in [0.25, 0.3) is 0 Å². The first-order valence-electron chi connectivity index (χ1n) is 7.49. The number of benzene rings is 1. The molecule has 21 heavy (non-hydrogen) atoms. The van der Waals surface area contributed by atoms with Crippen LogP contribution in [-0.4, -0.2) is 11.2 Å². The van der Waals surface area contributed by atoms with Crippen molar-refractivity contribution in [2.24, 2.45) is 5.92 Å². The minimum atomic E-state index is -0.832. The van der Waals surface area contributed by atoms with Gasteiger partial charge in [-0.25, -0.2) is 8.78 Å². The lowest BCUT2D eigenvalue weighted by molar-refractivity contribution is 0.307. The van der Waals surface area contributed by atoms with E-state index in [0.717, 1.165) is 12.5 Å². The summed E-state index contributed by atoms with van der Waals surface area (Å²) in [5.74, 6) is -1.05. The molecular weight excluding hydrogens is 290 g/mol. The van der Waals surface area contributed by atoms with Crippen LogP contribution in [0.3, 0.4) is 0 Å². The number of halogens is 2. The van der Waals surface area contributed by atoms with Gasteiger partial charge in [0.2, 0.25) is 0 Å². The summed E-state index contributed by atoms with van der Waals surface area (Å²) in [7, 11) is 0. The average Bonchev–Trinajstić information content (AvgIpc) is 2.44. The van der Waals surface area contributed by atoms with Crippen LogP contribution in [0.5, 0.6) is 0 Å². The average molecular weight is 312 g/mol. The largest absolute Gasteiger partial charge is 0.360 e. The summed E-state index contributed by atoms with van der Waals surface area (Å²) in [6, 6.07) is 4.15. The summed E-state index contributed by atoms with van der Waals surface area (Å²) in [6.45, 7) is 4.11. The predicted octanol–water partition coefficient (Wildman–Crippen LogP) is 4.07. The molecule has 2 N–H and O–H groups in total. The van der Waals surface area contributed by atoms with Crippen molar-refractivity contribution >= 4 is 17.3 Å². The highest BCUT2D eigenvalue weighted by atomic mass is 32.1. The van der Waals surface area contributed by atoms with Crippen LogP contribution in [0.2, 0.25) is 0 Å². The monoisotopic (exact) mass is 312 g/mol. The standard InChI is InChI=1S/C16H22F2N2S/c1-10-5-3-4-6-15(10)20-16(21)19-11(2)12-7-8-13(17)14(18)9-12/h7-11,15H,3-6H2,1-2H3,(H2,19,20,21)/t10-,11-,15+/m0/s1. The van der Waals surface area contributed by atoms with Gasteiger partial charge in [-0.2, -0.15) is 0 Å². The van der Waals surface area contributed by atoms with Gasteiger partial charge in [0.1, 0.15) is 0 Å². The molecule has 1 aromatic rings. The molecule has 0 spiro atoms. The molecule has 0 saturated heterocycles. The van der Waals surface area contributed by atoms with Crippen molar-refractivity contribution in [1.82, 2.24) is 10.6 Å². The molecule has 116 valence electrons. The van der Waals surface area contributed by atoms with Crippen molar-refractivity contribution in [3.8, 4) is 0 Å². The van der Waals surface area contributed by atoms with Crippen molar-refractivity contribution in [2.45, 2.75) is 51.6 Å². The third kappa shape index (κ3) is 4.37. The fraction of sp³-hybridized carbons (Fsp3) is 0.562. The Bertz CT molecular complexity index is 507. The Morgan fingerprint density at radius 2 is 1.95 bits per heavy atom. The molecule has 3 atom stereocenters. The first kappa shape index (κ1) is 16.1. The van der Waals surface area contributed by atoms with Gasteiger partial charge in [0.05, 0.1) is 6.04 Å². The van der Waals surface area contributed by atoms with Crippen molar-refractivity contribution in [3.05, 3.63) is 35.4 Å². The Morgan fingerprint density at radius 3 is 2.62 bits per heavy atom. The smallest absolute Gasteiger partial charge is 0.166 e. The Morgan fingerprint density at radius 1 is 1.24 bits per heavy atom. The maximum Gasteiger partial charge on any atom is 0.166 e. The van der Waals surface area contributed by atoms with Gasteiger partial charge in [-0.3, -0.25) is 0 Å². The van der Waals surface area contributed by atoms with Gasteiger partial charge in [0, 0.05) is 6.04 Å². The zero-order valence-electron chi connectivity index (χ0n) is 12.5. The number of thiocarbonyl (C=S) groups is 1. The Labute approximate surface area is 130 Å². The van der Waals surface area contributed by atoms with Gasteiger partial charge in [-0.05, 0) is 55.6 Å². The van der Waals surface area contributed by atoms with E-state index in [1.54, 1.807) is 6.07 Å². The van der Waals surface area contributed by atoms with Crippen molar-refractivity contribution in [1.29, 1.82) is 0 Å². The highest BCUT2D eigenvalue weighted by Crippen LogP contribution is 2.23. The summed E-state index contributed by atoms with van der Waals surface area (Å²) in [5, 5.41) is 7.06. The Hall–Kier alpha value is -1.23. The number of nitrogens with one attached hydrogen (secondary N) is 2. The molecule has 1 aliphatic carbocycles. The minimum absolute atomic E-state index is 0.168. The molecule has 0 unspecified atom stereocenters. The van der Waals surface area contributed by atoms with Gasteiger partial charge in [-0.1, -0.05) is 25.8 Å². The van der Waals surface area contributed by atoms with Gasteiger partial charge >= 0.3 is 0 Å². The second-order valence-electron chi connectivity index (χ2n) is 5.88. The molecule has 0 bridgehead atoms. The van der Waals surface area contributed by atoms with Crippen LogP contribution in [-0.2, 0) is 0 Å². The van der Waals surface area contributed by atoms with E-state index in [2.05, 4.69) is 17.6 Å². The molecule has 2 rings (SSSR count). The Balaban J connectivity index is 1.90. The molecule has 0 amide bonds. The summed E-state index contributed by atoms with van der Waals surface area (Å²) in [5.41, 5.74) is 0.676. The number of hydrogen-bond donors (Lipinski definition) is 2. The Kier molecular flexibility index (Phi) is 5.51. The van der Waals surface area contributed by atoms with E-state index in [4.69, 9.17) is 12.2 Å². The lowest BCUT2D eigenvalue weighted by Crippen LogP contribution is -2.46. The van der Waals surface area contributed by atoms with E-state index in [9.17, 15) is 8.78 Å². The van der Waals surface area contributed by atoms with Crippen LogP contribution in [0.1, 0.15) is 51.1 Å². The fourth-order valence-corrected chi connectivity index (χ4v) is 3.13. The van der Waals surface area contributed by atoms with E-state index >= 15 is 0 Å². The van der Waals surface area contributed by atoms with Crippen LogP contribution in [0, 0.1) is 17.6 Å². The maximum absolute atomic E-state index is 13.2. The number of rotatable bonds is 3. The second kappa shape index (κ2) is 7.16. The molecule has 1 fully saturated rings. The van der Waals surface area contributed by atoms with Gasteiger partial charge in [-0.15, -0.1) is 0 Å². The highest BCUT2D eigenvalue weighted by molar-refractivity contribution is 7.80. The molecule has 0 radical (unpaired) electrons. The number of hydrogen-bond acceptors (Lipinski definition) is 1. The van der Waals surface area contributed by atoms with Gasteiger partial charge in [0.15, 0.2) is 16.7 Å². The summed E-state index contributed by atoms with van der Waals surface area (Å²) >= 11 is 5.33. The molecule has 0 aromatic heterocycles. The van der Waals surface area contributed by atoms with Gasteiger partial charge < -0.3 is 10.6 Å². The van der Waals surface area contributed by atoms with Gasteiger partial charge in [0.25, 0.3) is 0 Å². The SMILES string of the molecule is C[C@H](NC(=S)N[C@@H]1CCCC[C@@H]1C)c1ccc(F)c(F)c1. The first-order valence-corrected chi connectivity index (χ1v) is 7.90. The van der Waals surface area contributed by atoms with Crippen molar-refractivity contribution < 1.29 is 8.78 Å². The van der Waals surface area contributed by atoms with Crippen molar-refractivity contribution in [3.63, 3.8) is 0 Å². The normalized spacial score (nSPS) is 23.4. The maximum atomic E-state index is 13.2. The molecule has 1 saturated carbocycles. The fourth-order valence-electron chi connectivity index (χ4n) is 2.80. The molecule has 1 aliphatic rings.